The van der Waals surface area contributed by atoms with Gasteiger partial charge in [-0.2, -0.15) is 0 Å². The maximum Gasteiger partial charge on any atom is 0.488 e. The topological polar surface area (TPSA) is 40.5 Å². The van der Waals surface area contributed by atoms with E-state index in [1.54, 1.807) is 6.07 Å². The van der Waals surface area contributed by atoms with Crippen LogP contribution in [-0.2, 0) is 6.42 Å². The van der Waals surface area contributed by atoms with E-state index in [4.69, 9.17) is 10.0 Å². The van der Waals surface area contributed by atoms with Gasteiger partial charge in [0.25, 0.3) is 0 Å². The minimum atomic E-state index is -1.35. The molecule has 3 heteroatoms. The Bertz CT molecular complexity index is 339. The molecule has 1 rings (SSSR count). The fourth-order valence-corrected chi connectivity index (χ4v) is 2.37. The summed E-state index contributed by atoms with van der Waals surface area (Å²) in [5.41, 5.74) is 1.80. The molecule has 0 aliphatic carbocycles. The van der Waals surface area contributed by atoms with Crippen molar-refractivity contribution in [3.05, 3.63) is 29.8 Å². The molecule has 1 aromatic carbocycles. The fraction of sp³-hybridized carbons (Fsp3) is 0.625. The molecule has 19 heavy (non-hydrogen) atoms. The van der Waals surface area contributed by atoms with Crippen LogP contribution in [0.25, 0.3) is 0 Å². The van der Waals surface area contributed by atoms with Crippen molar-refractivity contribution in [3.63, 3.8) is 0 Å². The van der Waals surface area contributed by atoms with Gasteiger partial charge in [0.15, 0.2) is 0 Å². The molecule has 2 N–H and O–H groups in total. The van der Waals surface area contributed by atoms with Gasteiger partial charge in [-0.1, -0.05) is 76.1 Å². The monoisotopic (exact) mass is 262 g/mol. The first-order valence-electron chi connectivity index (χ1n) is 7.69. The van der Waals surface area contributed by atoms with Crippen molar-refractivity contribution in [2.75, 3.05) is 0 Å². The second-order valence-corrected chi connectivity index (χ2v) is 5.34. The van der Waals surface area contributed by atoms with Crippen molar-refractivity contribution in [1.82, 2.24) is 0 Å². The van der Waals surface area contributed by atoms with Gasteiger partial charge < -0.3 is 10.0 Å². The van der Waals surface area contributed by atoms with E-state index >= 15 is 0 Å². The summed E-state index contributed by atoms with van der Waals surface area (Å²) in [6.07, 6.45) is 11.6. The molecule has 1 aromatic rings. The SMILES string of the molecule is CCCCCCCCCCc1cccc(B(O)O)c1. The number of rotatable bonds is 10. The van der Waals surface area contributed by atoms with Crippen LogP contribution < -0.4 is 5.46 Å². The minimum absolute atomic E-state index is 0.595. The zero-order valence-electron chi connectivity index (χ0n) is 12.1. The van der Waals surface area contributed by atoms with E-state index in [2.05, 4.69) is 13.0 Å². The normalized spacial score (nSPS) is 10.7. The van der Waals surface area contributed by atoms with Gasteiger partial charge in [0.1, 0.15) is 0 Å². The van der Waals surface area contributed by atoms with Crippen LogP contribution in [0, 0.1) is 0 Å². The summed E-state index contributed by atoms with van der Waals surface area (Å²) >= 11 is 0. The maximum absolute atomic E-state index is 9.12. The predicted molar refractivity (Wildman–Crippen MR) is 82.6 cm³/mol. The van der Waals surface area contributed by atoms with E-state index in [-0.39, 0.29) is 0 Å². The molecule has 0 saturated heterocycles. The van der Waals surface area contributed by atoms with Crippen molar-refractivity contribution in [2.45, 2.75) is 64.7 Å². The Balaban J connectivity index is 2.10. The Morgan fingerprint density at radius 1 is 0.895 bits per heavy atom. The zero-order valence-corrected chi connectivity index (χ0v) is 12.1. The molecule has 0 spiro atoms. The van der Waals surface area contributed by atoms with Gasteiger partial charge in [-0.3, -0.25) is 0 Å². The molecule has 0 unspecified atom stereocenters. The van der Waals surface area contributed by atoms with E-state index in [9.17, 15) is 0 Å². The molecule has 0 bridgehead atoms. The molecular weight excluding hydrogens is 235 g/mol. The van der Waals surface area contributed by atoms with E-state index in [1.165, 1.54) is 56.9 Å². The van der Waals surface area contributed by atoms with Crippen LogP contribution >= 0.6 is 0 Å². The van der Waals surface area contributed by atoms with E-state index in [0.717, 1.165) is 6.42 Å². The van der Waals surface area contributed by atoms with E-state index < -0.39 is 7.12 Å². The van der Waals surface area contributed by atoms with E-state index in [0.29, 0.717) is 5.46 Å². The highest BCUT2D eigenvalue weighted by molar-refractivity contribution is 6.58. The molecule has 0 heterocycles. The fourth-order valence-electron chi connectivity index (χ4n) is 2.37. The average Bonchev–Trinajstić information content (AvgIpc) is 2.42. The largest absolute Gasteiger partial charge is 0.488 e. The molecule has 0 aliphatic rings. The van der Waals surface area contributed by atoms with Crippen LogP contribution in [0.1, 0.15) is 63.9 Å². The second-order valence-electron chi connectivity index (χ2n) is 5.34. The van der Waals surface area contributed by atoms with Crippen LogP contribution in [-0.4, -0.2) is 17.2 Å². The van der Waals surface area contributed by atoms with Gasteiger partial charge in [0.2, 0.25) is 0 Å². The van der Waals surface area contributed by atoms with Gasteiger partial charge in [-0.25, -0.2) is 0 Å². The van der Waals surface area contributed by atoms with Crippen molar-refractivity contribution >= 4 is 12.6 Å². The Hall–Kier alpha value is -0.795. The molecular formula is C16H27BO2. The predicted octanol–water partition coefficient (Wildman–Crippen LogP) is 3.05. The first kappa shape index (κ1) is 16.3. The first-order chi connectivity index (χ1) is 9.24. The smallest absolute Gasteiger partial charge is 0.423 e. The van der Waals surface area contributed by atoms with Crippen LogP contribution in [0.3, 0.4) is 0 Å². The van der Waals surface area contributed by atoms with Crippen molar-refractivity contribution < 1.29 is 10.0 Å². The molecule has 0 aliphatic heterocycles. The summed E-state index contributed by atoms with van der Waals surface area (Å²) < 4.78 is 0. The van der Waals surface area contributed by atoms with Crippen LogP contribution in [0.15, 0.2) is 24.3 Å². The third-order valence-corrected chi connectivity index (χ3v) is 3.57. The first-order valence-corrected chi connectivity index (χ1v) is 7.69. The van der Waals surface area contributed by atoms with Crippen LogP contribution in [0.5, 0.6) is 0 Å². The highest BCUT2D eigenvalue weighted by atomic mass is 16.4. The standard InChI is InChI=1S/C16H27BO2/c1-2-3-4-5-6-7-8-9-11-15-12-10-13-16(14-15)17(18)19/h10,12-14,18-19H,2-9,11H2,1H3. The lowest BCUT2D eigenvalue weighted by Crippen LogP contribution is -2.29. The lowest BCUT2D eigenvalue weighted by molar-refractivity contribution is 0.425. The number of unbranched alkanes of at least 4 members (excludes halogenated alkanes) is 7. The Morgan fingerprint density at radius 3 is 2.16 bits per heavy atom. The van der Waals surface area contributed by atoms with Gasteiger partial charge in [-0.05, 0) is 23.9 Å². The van der Waals surface area contributed by atoms with Crippen molar-refractivity contribution in [3.8, 4) is 0 Å². The molecule has 0 atom stereocenters. The number of benzene rings is 1. The summed E-state index contributed by atoms with van der Waals surface area (Å²) in [5, 5.41) is 18.2. The molecule has 0 amide bonds. The Morgan fingerprint density at radius 2 is 1.53 bits per heavy atom. The molecule has 2 nitrogen and oxygen atoms in total. The summed E-state index contributed by atoms with van der Waals surface area (Å²) in [5.74, 6) is 0. The number of hydrogen-bond acceptors (Lipinski definition) is 2. The zero-order chi connectivity index (χ0) is 13.9. The summed E-state index contributed by atoms with van der Waals surface area (Å²) in [4.78, 5) is 0. The van der Waals surface area contributed by atoms with Crippen LogP contribution in [0.2, 0.25) is 0 Å². The molecule has 0 aromatic heterocycles. The lowest BCUT2D eigenvalue weighted by atomic mass is 9.79. The Kier molecular flexibility index (Phi) is 8.60. The average molecular weight is 262 g/mol. The maximum atomic E-state index is 9.12. The van der Waals surface area contributed by atoms with Crippen molar-refractivity contribution in [2.24, 2.45) is 0 Å². The highest BCUT2D eigenvalue weighted by Gasteiger charge is 2.10. The number of hydrogen-bond donors (Lipinski definition) is 2. The highest BCUT2D eigenvalue weighted by Crippen LogP contribution is 2.10. The third kappa shape index (κ3) is 7.39. The molecule has 0 saturated carbocycles. The van der Waals surface area contributed by atoms with Gasteiger partial charge in [-0.15, -0.1) is 0 Å². The van der Waals surface area contributed by atoms with Gasteiger partial charge >= 0.3 is 7.12 Å². The molecule has 106 valence electrons. The summed E-state index contributed by atoms with van der Waals surface area (Å²) in [6, 6.07) is 7.61. The second kappa shape index (κ2) is 10.0. The van der Waals surface area contributed by atoms with Crippen LogP contribution in [0.4, 0.5) is 0 Å². The lowest BCUT2D eigenvalue weighted by Gasteiger charge is -2.05. The summed E-state index contributed by atoms with van der Waals surface area (Å²) in [7, 11) is -1.35. The van der Waals surface area contributed by atoms with E-state index in [1.807, 2.05) is 12.1 Å². The molecule has 0 radical (unpaired) electrons. The quantitative estimate of drug-likeness (QED) is 0.502. The number of aryl methyl sites for hydroxylation is 1. The Labute approximate surface area is 118 Å². The third-order valence-electron chi connectivity index (χ3n) is 3.57. The molecule has 0 fully saturated rings. The summed E-state index contributed by atoms with van der Waals surface area (Å²) in [6.45, 7) is 2.25. The van der Waals surface area contributed by atoms with Gasteiger partial charge in [0, 0.05) is 0 Å². The van der Waals surface area contributed by atoms with Gasteiger partial charge in [0.05, 0.1) is 0 Å². The minimum Gasteiger partial charge on any atom is -0.423 e. The van der Waals surface area contributed by atoms with Crippen molar-refractivity contribution in [1.29, 1.82) is 0 Å².